The van der Waals surface area contributed by atoms with E-state index in [0.29, 0.717) is 0 Å². The van der Waals surface area contributed by atoms with Crippen molar-refractivity contribution in [3.05, 3.63) is 23.5 Å². The summed E-state index contributed by atoms with van der Waals surface area (Å²) >= 11 is 0. The molecule has 0 aromatic heterocycles. The van der Waals surface area contributed by atoms with Crippen LogP contribution in [-0.2, 0) is 4.74 Å². The molecule has 0 fully saturated rings. The van der Waals surface area contributed by atoms with E-state index in [-0.39, 0.29) is 0 Å². The predicted molar refractivity (Wildman–Crippen MR) is 54.0 cm³/mol. The summed E-state index contributed by atoms with van der Waals surface area (Å²) in [5, 5.41) is 0. The second-order valence-corrected chi connectivity index (χ2v) is 2.64. The summed E-state index contributed by atoms with van der Waals surface area (Å²) in [4.78, 5) is 0. The Morgan fingerprint density at radius 1 is 1.33 bits per heavy atom. The lowest BCUT2D eigenvalue weighted by Gasteiger charge is -2.02. The third-order valence-corrected chi connectivity index (χ3v) is 1.83. The maximum Gasteiger partial charge on any atom is 0.117 e. The average molecular weight is 168 g/mol. The van der Waals surface area contributed by atoms with E-state index in [2.05, 4.69) is 19.1 Å². The van der Waals surface area contributed by atoms with Gasteiger partial charge in [-0.05, 0) is 37.8 Å². The molecule has 0 saturated carbocycles. The average Bonchev–Trinajstić information content (AvgIpc) is 2.33. The van der Waals surface area contributed by atoms with Crippen molar-refractivity contribution in [2.45, 2.75) is 40.0 Å². The third-order valence-electron chi connectivity index (χ3n) is 1.83. The summed E-state index contributed by atoms with van der Waals surface area (Å²) in [6.45, 7) is 6.13. The van der Waals surface area contributed by atoms with E-state index in [1.54, 1.807) is 7.11 Å². The van der Waals surface area contributed by atoms with Crippen molar-refractivity contribution in [2.75, 3.05) is 7.11 Å². The Balaban J connectivity index is 0.000000561. The fourth-order valence-electron chi connectivity index (χ4n) is 1.18. The molecular weight excluding hydrogens is 148 g/mol. The van der Waals surface area contributed by atoms with Gasteiger partial charge in [-0.15, -0.1) is 0 Å². The SMILES string of the molecule is CC.COC1=C(C)CCCC=C1. The molecule has 1 aliphatic carbocycles. The Labute approximate surface area is 76.1 Å². The highest BCUT2D eigenvalue weighted by Crippen LogP contribution is 2.17. The van der Waals surface area contributed by atoms with E-state index in [4.69, 9.17) is 4.74 Å². The summed E-state index contributed by atoms with van der Waals surface area (Å²) in [5.41, 5.74) is 1.37. The second-order valence-electron chi connectivity index (χ2n) is 2.64. The predicted octanol–water partition coefficient (Wildman–Crippen LogP) is 3.67. The largest absolute Gasteiger partial charge is 0.497 e. The number of ether oxygens (including phenoxy) is 1. The Kier molecular flexibility index (Phi) is 6.54. The molecule has 0 aromatic rings. The fraction of sp³-hybridized carbons (Fsp3) is 0.636. The lowest BCUT2D eigenvalue weighted by Crippen LogP contribution is -1.86. The van der Waals surface area contributed by atoms with Gasteiger partial charge in [-0.1, -0.05) is 19.9 Å². The minimum atomic E-state index is 1.05. The van der Waals surface area contributed by atoms with Crippen molar-refractivity contribution < 1.29 is 4.74 Å². The van der Waals surface area contributed by atoms with Crippen LogP contribution in [-0.4, -0.2) is 7.11 Å². The smallest absolute Gasteiger partial charge is 0.117 e. The third kappa shape index (κ3) is 3.61. The van der Waals surface area contributed by atoms with Crippen molar-refractivity contribution in [1.29, 1.82) is 0 Å². The molecule has 0 aromatic carbocycles. The number of rotatable bonds is 1. The van der Waals surface area contributed by atoms with E-state index in [1.165, 1.54) is 24.8 Å². The topological polar surface area (TPSA) is 9.23 Å². The maximum absolute atomic E-state index is 5.18. The first-order chi connectivity index (χ1) is 5.84. The number of methoxy groups -OCH3 is 1. The van der Waals surface area contributed by atoms with Crippen LogP contribution >= 0.6 is 0 Å². The van der Waals surface area contributed by atoms with Gasteiger partial charge >= 0.3 is 0 Å². The van der Waals surface area contributed by atoms with Gasteiger partial charge in [-0.3, -0.25) is 0 Å². The Morgan fingerprint density at radius 2 is 2.00 bits per heavy atom. The molecule has 0 N–H and O–H groups in total. The molecule has 0 radical (unpaired) electrons. The number of allylic oxidation sites excluding steroid dienone is 3. The molecule has 0 amide bonds. The first-order valence-corrected chi connectivity index (χ1v) is 4.75. The highest BCUT2D eigenvalue weighted by atomic mass is 16.5. The van der Waals surface area contributed by atoms with Crippen LogP contribution in [0.5, 0.6) is 0 Å². The summed E-state index contributed by atoms with van der Waals surface area (Å²) in [6.07, 6.45) is 7.87. The molecular formula is C11H20O. The number of hydrogen-bond acceptors (Lipinski definition) is 1. The lowest BCUT2D eigenvalue weighted by atomic mass is 10.1. The van der Waals surface area contributed by atoms with Crippen LogP contribution in [0.4, 0.5) is 0 Å². The van der Waals surface area contributed by atoms with Gasteiger partial charge < -0.3 is 4.74 Å². The molecule has 1 rings (SSSR count). The standard InChI is InChI=1S/C9H14O.C2H6/c1-8-6-4-3-5-7-9(8)10-2;1-2/h5,7H,3-4,6H2,1-2H3;1-2H3. The maximum atomic E-state index is 5.18. The Bertz CT molecular complexity index is 166. The monoisotopic (exact) mass is 168 g/mol. The highest BCUT2D eigenvalue weighted by Gasteiger charge is 2.01. The minimum absolute atomic E-state index is 1.05. The number of hydrogen-bond donors (Lipinski definition) is 0. The van der Waals surface area contributed by atoms with Crippen LogP contribution in [0.3, 0.4) is 0 Å². The molecule has 0 saturated heterocycles. The lowest BCUT2D eigenvalue weighted by molar-refractivity contribution is 0.301. The normalized spacial score (nSPS) is 16.3. The van der Waals surface area contributed by atoms with Gasteiger partial charge in [0.1, 0.15) is 5.76 Å². The summed E-state index contributed by atoms with van der Waals surface area (Å²) < 4.78 is 5.18. The van der Waals surface area contributed by atoms with Gasteiger partial charge in [0.2, 0.25) is 0 Å². The fourth-order valence-corrected chi connectivity index (χ4v) is 1.18. The molecule has 0 heterocycles. The molecule has 0 bridgehead atoms. The van der Waals surface area contributed by atoms with Crippen LogP contribution in [0.15, 0.2) is 23.5 Å². The molecule has 1 nitrogen and oxygen atoms in total. The van der Waals surface area contributed by atoms with E-state index in [1.807, 2.05) is 13.8 Å². The first-order valence-electron chi connectivity index (χ1n) is 4.75. The summed E-state index contributed by atoms with van der Waals surface area (Å²) in [6, 6.07) is 0. The molecule has 0 unspecified atom stereocenters. The first kappa shape index (κ1) is 11.3. The van der Waals surface area contributed by atoms with E-state index >= 15 is 0 Å². The highest BCUT2D eigenvalue weighted by molar-refractivity contribution is 5.20. The Morgan fingerprint density at radius 3 is 2.58 bits per heavy atom. The van der Waals surface area contributed by atoms with Crippen LogP contribution in [0, 0.1) is 0 Å². The van der Waals surface area contributed by atoms with Crippen molar-refractivity contribution in [3.63, 3.8) is 0 Å². The van der Waals surface area contributed by atoms with Crippen molar-refractivity contribution >= 4 is 0 Å². The summed E-state index contributed by atoms with van der Waals surface area (Å²) in [5.74, 6) is 1.05. The zero-order valence-electron chi connectivity index (χ0n) is 8.68. The van der Waals surface area contributed by atoms with Crippen molar-refractivity contribution in [1.82, 2.24) is 0 Å². The van der Waals surface area contributed by atoms with Crippen LogP contribution in [0.2, 0.25) is 0 Å². The molecule has 0 atom stereocenters. The molecule has 12 heavy (non-hydrogen) atoms. The minimum Gasteiger partial charge on any atom is -0.497 e. The van der Waals surface area contributed by atoms with Gasteiger partial charge in [0.25, 0.3) is 0 Å². The summed E-state index contributed by atoms with van der Waals surface area (Å²) in [7, 11) is 1.73. The van der Waals surface area contributed by atoms with Gasteiger partial charge in [0.05, 0.1) is 7.11 Å². The van der Waals surface area contributed by atoms with Crippen LogP contribution in [0.25, 0.3) is 0 Å². The van der Waals surface area contributed by atoms with E-state index < -0.39 is 0 Å². The molecule has 0 aliphatic heterocycles. The molecule has 0 spiro atoms. The van der Waals surface area contributed by atoms with Gasteiger partial charge in [-0.2, -0.15) is 0 Å². The molecule has 1 aliphatic rings. The van der Waals surface area contributed by atoms with Crippen LogP contribution in [0.1, 0.15) is 40.0 Å². The van der Waals surface area contributed by atoms with Crippen molar-refractivity contribution in [2.24, 2.45) is 0 Å². The van der Waals surface area contributed by atoms with Gasteiger partial charge in [0.15, 0.2) is 0 Å². The molecule has 70 valence electrons. The zero-order valence-corrected chi connectivity index (χ0v) is 8.68. The van der Waals surface area contributed by atoms with E-state index in [9.17, 15) is 0 Å². The van der Waals surface area contributed by atoms with E-state index in [0.717, 1.165) is 5.76 Å². The Hall–Kier alpha value is -0.720. The van der Waals surface area contributed by atoms with Crippen LogP contribution < -0.4 is 0 Å². The molecule has 1 heteroatoms. The van der Waals surface area contributed by atoms with Gasteiger partial charge in [0, 0.05) is 0 Å². The van der Waals surface area contributed by atoms with Crippen molar-refractivity contribution in [3.8, 4) is 0 Å². The van der Waals surface area contributed by atoms with Gasteiger partial charge in [-0.25, -0.2) is 0 Å². The quantitative estimate of drug-likeness (QED) is 0.580. The second kappa shape index (κ2) is 6.96. The zero-order chi connectivity index (χ0) is 9.40.